The third-order valence-corrected chi connectivity index (χ3v) is 5.36. The second kappa shape index (κ2) is 8.69. The summed E-state index contributed by atoms with van der Waals surface area (Å²) in [6.07, 6.45) is 6.34. The number of anilines is 1. The predicted octanol–water partition coefficient (Wildman–Crippen LogP) is 3.28. The first-order chi connectivity index (χ1) is 12.1. The maximum absolute atomic E-state index is 5.59. The molecule has 1 atom stereocenters. The van der Waals surface area contributed by atoms with Gasteiger partial charge < -0.3 is 10.1 Å². The van der Waals surface area contributed by atoms with Gasteiger partial charge in [0, 0.05) is 55.5 Å². The van der Waals surface area contributed by atoms with Gasteiger partial charge in [-0.15, -0.1) is 11.3 Å². The third kappa shape index (κ3) is 5.45. The average molecular weight is 362 g/mol. The van der Waals surface area contributed by atoms with E-state index in [4.69, 9.17) is 9.72 Å². The highest BCUT2D eigenvalue weighted by molar-refractivity contribution is 7.09. The molecule has 0 saturated carbocycles. The monoisotopic (exact) mass is 361 g/mol. The Bertz CT molecular complexity index is 652. The van der Waals surface area contributed by atoms with E-state index in [9.17, 15) is 0 Å². The Labute approximate surface area is 153 Å². The molecule has 25 heavy (non-hydrogen) atoms. The first-order valence-electron chi connectivity index (χ1n) is 8.89. The zero-order chi connectivity index (χ0) is 17.6. The first kappa shape index (κ1) is 18.2. The van der Waals surface area contributed by atoms with Gasteiger partial charge in [-0.3, -0.25) is 4.90 Å². The van der Waals surface area contributed by atoms with Gasteiger partial charge in [0.25, 0.3) is 0 Å². The molecule has 3 rings (SSSR count). The molecule has 0 aromatic carbocycles. The Morgan fingerprint density at radius 2 is 2.12 bits per heavy atom. The maximum atomic E-state index is 5.59. The summed E-state index contributed by atoms with van der Waals surface area (Å²) < 4.78 is 5.59. The molecule has 0 bridgehead atoms. The van der Waals surface area contributed by atoms with Crippen molar-refractivity contribution in [1.82, 2.24) is 19.9 Å². The van der Waals surface area contributed by atoms with Crippen molar-refractivity contribution < 1.29 is 4.74 Å². The molecule has 6 nitrogen and oxygen atoms in total. The van der Waals surface area contributed by atoms with Crippen LogP contribution < -0.4 is 5.32 Å². The molecule has 1 aliphatic rings. The molecule has 1 N–H and O–H groups in total. The van der Waals surface area contributed by atoms with Crippen molar-refractivity contribution in [2.24, 2.45) is 0 Å². The van der Waals surface area contributed by atoms with Crippen LogP contribution in [0.1, 0.15) is 48.9 Å². The number of aromatic nitrogens is 3. The lowest BCUT2D eigenvalue weighted by Crippen LogP contribution is -2.20. The Balaban J connectivity index is 1.46. The minimum Gasteiger partial charge on any atom is -0.376 e. The number of hydrogen-bond acceptors (Lipinski definition) is 7. The number of nitrogens with one attached hydrogen (secondary N) is 1. The lowest BCUT2D eigenvalue weighted by atomic mass is 10.2. The van der Waals surface area contributed by atoms with Gasteiger partial charge in [0.2, 0.25) is 5.95 Å². The van der Waals surface area contributed by atoms with Crippen molar-refractivity contribution in [3.8, 4) is 0 Å². The predicted molar refractivity (Wildman–Crippen MR) is 101 cm³/mol. The van der Waals surface area contributed by atoms with E-state index >= 15 is 0 Å². The highest BCUT2D eigenvalue weighted by Crippen LogP contribution is 2.20. The van der Waals surface area contributed by atoms with Gasteiger partial charge in [-0.1, -0.05) is 13.8 Å². The third-order valence-electron chi connectivity index (χ3n) is 4.16. The number of thiazole rings is 1. The number of ether oxygens (including phenoxy) is 1. The molecular formula is C18H27N5OS. The second-order valence-electron chi connectivity index (χ2n) is 6.93. The molecule has 1 saturated heterocycles. The van der Waals surface area contributed by atoms with E-state index < -0.39 is 0 Å². The molecule has 2 aromatic heterocycles. The number of hydrogen-bond donors (Lipinski definition) is 1. The lowest BCUT2D eigenvalue weighted by Gasteiger charge is -2.15. The minimum atomic E-state index is 0.295. The summed E-state index contributed by atoms with van der Waals surface area (Å²) in [5.74, 6) is 1.16. The highest BCUT2D eigenvalue weighted by atomic mass is 32.1. The molecule has 136 valence electrons. The quantitative estimate of drug-likeness (QED) is 0.778. The van der Waals surface area contributed by atoms with E-state index in [0.29, 0.717) is 18.0 Å². The largest absolute Gasteiger partial charge is 0.376 e. The fourth-order valence-electron chi connectivity index (χ4n) is 2.84. The topological polar surface area (TPSA) is 63.2 Å². The Hall–Kier alpha value is -1.57. The lowest BCUT2D eigenvalue weighted by molar-refractivity contribution is 0.120. The van der Waals surface area contributed by atoms with Crippen LogP contribution >= 0.6 is 11.3 Å². The Morgan fingerprint density at radius 3 is 2.76 bits per heavy atom. The van der Waals surface area contributed by atoms with Gasteiger partial charge >= 0.3 is 0 Å². The fourth-order valence-corrected chi connectivity index (χ4v) is 3.67. The molecule has 0 radical (unpaired) electrons. The Kier molecular flexibility index (Phi) is 6.34. The zero-order valence-corrected chi connectivity index (χ0v) is 16.1. The van der Waals surface area contributed by atoms with Gasteiger partial charge in [0.15, 0.2) is 0 Å². The van der Waals surface area contributed by atoms with Crippen molar-refractivity contribution in [2.75, 3.05) is 25.5 Å². The summed E-state index contributed by atoms with van der Waals surface area (Å²) in [5.41, 5.74) is 2.23. The van der Waals surface area contributed by atoms with Gasteiger partial charge in [-0.2, -0.15) is 0 Å². The molecule has 0 aliphatic carbocycles. The summed E-state index contributed by atoms with van der Waals surface area (Å²) >= 11 is 1.74. The van der Waals surface area contributed by atoms with Crippen molar-refractivity contribution in [1.29, 1.82) is 0 Å². The van der Waals surface area contributed by atoms with Crippen LogP contribution in [0.25, 0.3) is 0 Å². The van der Waals surface area contributed by atoms with Crippen LogP contribution in [0.3, 0.4) is 0 Å². The zero-order valence-electron chi connectivity index (χ0n) is 15.2. The van der Waals surface area contributed by atoms with E-state index in [1.54, 1.807) is 11.3 Å². The van der Waals surface area contributed by atoms with E-state index in [0.717, 1.165) is 50.3 Å². The molecule has 0 unspecified atom stereocenters. The molecule has 3 heterocycles. The molecule has 7 heteroatoms. The SMILES string of the molecule is CC(C)c1nc(CN(C)Cc2cnc(NC[C@@H]3CCCO3)nc2)cs1. The standard InChI is InChI=1S/C18H27N5OS/c1-13(2)17-22-15(12-25-17)11-23(3)10-14-7-19-18(20-8-14)21-9-16-5-4-6-24-16/h7-8,12-13,16H,4-6,9-11H2,1-3H3,(H,19,20,21)/t16-/m0/s1. The smallest absolute Gasteiger partial charge is 0.222 e. The van der Waals surface area contributed by atoms with Crippen LogP contribution in [0.5, 0.6) is 0 Å². The molecule has 2 aromatic rings. The van der Waals surface area contributed by atoms with Crippen LogP contribution in [0.4, 0.5) is 5.95 Å². The van der Waals surface area contributed by atoms with Crippen molar-refractivity contribution in [3.63, 3.8) is 0 Å². The Morgan fingerprint density at radius 1 is 1.32 bits per heavy atom. The van der Waals surface area contributed by atoms with E-state index in [1.807, 2.05) is 12.4 Å². The summed E-state index contributed by atoms with van der Waals surface area (Å²) in [7, 11) is 2.10. The van der Waals surface area contributed by atoms with Crippen molar-refractivity contribution >= 4 is 17.3 Å². The first-order valence-corrected chi connectivity index (χ1v) is 9.77. The molecule has 1 aliphatic heterocycles. The number of rotatable bonds is 8. The molecular weight excluding hydrogens is 334 g/mol. The summed E-state index contributed by atoms with van der Waals surface area (Å²) in [6, 6.07) is 0. The van der Waals surface area contributed by atoms with Crippen LogP contribution in [0.15, 0.2) is 17.8 Å². The number of nitrogens with zero attached hydrogens (tertiary/aromatic N) is 4. The van der Waals surface area contributed by atoms with Gasteiger partial charge in [-0.05, 0) is 19.9 Å². The van der Waals surface area contributed by atoms with Crippen LogP contribution in [-0.2, 0) is 17.8 Å². The average Bonchev–Trinajstić information content (AvgIpc) is 3.26. The maximum Gasteiger partial charge on any atom is 0.222 e. The normalized spacial score (nSPS) is 17.6. The van der Waals surface area contributed by atoms with Crippen LogP contribution in [-0.4, -0.2) is 46.2 Å². The molecule has 0 spiro atoms. The van der Waals surface area contributed by atoms with E-state index in [2.05, 4.69) is 46.5 Å². The van der Waals surface area contributed by atoms with Crippen LogP contribution in [0, 0.1) is 0 Å². The minimum absolute atomic E-state index is 0.295. The fraction of sp³-hybridized carbons (Fsp3) is 0.611. The summed E-state index contributed by atoms with van der Waals surface area (Å²) in [4.78, 5) is 15.7. The molecule has 0 amide bonds. The molecule has 1 fully saturated rings. The van der Waals surface area contributed by atoms with Gasteiger partial charge in [0.05, 0.1) is 16.8 Å². The van der Waals surface area contributed by atoms with Gasteiger partial charge in [-0.25, -0.2) is 15.0 Å². The van der Waals surface area contributed by atoms with Crippen molar-refractivity contribution in [3.05, 3.63) is 34.0 Å². The van der Waals surface area contributed by atoms with E-state index in [-0.39, 0.29) is 0 Å². The van der Waals surface area contributed by atoms with E-state index in [1.165, 1.54) is 5.01 Å². The van der Waals surface area contributed by atoms with Crippen molar-refractivity contribution in [2.45, 2.75) is 51.8 Å². The van der Waals surface area contributed by atoms with Crippen LogP contribution in [0.2, 0.25) is 0 Å². The highest BCUT2D eigenvalue weighted by Gasteiger charge is 2.15. The summed E-state index contributed by atoms with van der Waals surface area (Å²) in [5, 5.41) is 6.61. The van der Waals surface area contributed by atoms with Gasteiger partial charge in [0.1, 0.15) is 0 Å². The second-order valence-corrected chi connectivity index (χ2v) is 7.82. The summed E-state index contributed by atoms with van der Waals surface area (Å²) in [6.45, 7) is 7.65.